The van der Waals surface area contributed by atoms with Gasteiger partial charge in [-0.1, -0.05) is 6.07 Å². The average Bonchev–Trinajstić information content (AvgIpc) is 2.07. The summed E-state index contributed by atoms with van der Waals surface area (Å²) in [5.74, 6) is 0. The highest BCUT2D eigenvalue weighted by molar-refractivity contribution is 5.08. The molecule has 0 amide bonds. The summed E-state index contributed by atoms with van der Waals surface area (Å²) in [5.41, 5.74) is 0.883. The Kier molecular flexibility index (Phi) is 2.45. The van der Waals surface area contributed by atoms with E-state index in [0.29, 0.717) is 0 Å². The fourth-order valence-corrected chi connectivity index (χ4v) is 0.803. The van der Waals surface area contributed by atoms with E-state index in [1.807, 2.05) is 31.3 Å². The van der Waals surface area contributed by atoms with Crippen molar-refractivity contribution in [2.75, 3.05) is 0 Å². The Balaban J connectivity index is 2.70. The van der Waals surface area contributed by atoms with Crippen molar-refractivity contribution in [1.29, 1.82) is 5.26 Å². The fraction of sp³-hybridized carbons (Fsp3) is 0.250. The number of hydrogen-bond acceptors (Lipinski definition) is 3. The zero-order valence-electron chi connectivity index (χ0n) is 6.28. The van der Waals surface area contributed by atoms with Crippen LogP contribution in [-0.4, -0.2) is 4.98 Å². The molecular weight excluding hydrogens is 138 g/mol. The lowest BCUT2D eigenvalue weighted by Gasteiger charge is -2.06. The molecule has 0 radical (unpaired) electrons. The topological polar surface area (TPSA) is 48.7 Å². The van der Waals surface area contributed by atoms with Crippen molar-refractivity contribution < 1.29 is 0 Å². The summed E-state index contributed by atoms with van der Waals surface area (Å²) in [6.07, 6.45) is 3.59. The van der Waals surface area contributed by atoms with E-state index in [0.717, 1.165) is 5.69 Å². The van der Waals surface area contributed by atoms with Crippen LogP contribution in [0.4, 0.5) is 0 Å². The van der Waals surface area contributed by atoms with Crippen LogP contribution in [0.1, 0.15) is 18.7 Å². The van der Waals surface area contributed by atoms with Crippen LogP contribution in [0, 0.1) is 11.5 Å². The first kappa shape index (κ1) is 7.55. The quantitative estimate of drug-likeness (QED) is 0.505. The lowest BCUT2D eigenvalue weighted by Crippen LogP contribution is -2.12. The molecule has 0 bridgehead atoms. The monoisotopic (exact) mass is 147 g/mol. The van der Waals surface area contributed by atoms with Gasteiger partial charge >= 0.3 is 0 Å². The molecule has 0 aliphatic rings. The number of nitrogens with zero attached hydrogens (tertiary/aromatic N) is 2. The van der Waals surface area contributed by atoms with Crippen molar-refractivity contribution in [2.24, 2.45) is 0 Å². The maximum Gasteiger partial charge on any atom is 0.177 e. The van der Waals surface area contributed by atoms with Crippen molar-refractivity contribution in [1.82, 2.24) is 10.3 Å². The van der Waals surface area contributed by atoms with Crippen LogP contribution in [-0.2, 0) is 0 Å². The van der Waals surface area contributed by atoms with Crippen LogP contribution in [0.15, 0.2) is 24.4 Å². The Hall–Kier alpha value is -1.56. The number of nitrogens with one attached hydrogen (secondary N) is 1. The molecule has 0 saturated heterocycles. The van der Waals surface area contributed by atoms with E-state index in [4.69, 9.17) is 5.26 Å². The van der Waals surface area contributed by atoms with Crippen LogP contribution in [0.3, 0.4) is 0 Å². The zero-order valence-corrected chi connectivity index (χ0v) is 6.28. The normalized spacial score (nSPS) is 11.6. The highest BCUT2D eigenvalue weighted by Gasteiger charge is 2.02. The summed E-state index contributed by atoms with van der Waals surface area (Å²) in [4.78, 5) is 4.08. The minimum Gasteiger partial charge on any atom is -0.315 e. The molecule has 56 valence electrons. The number of nitriles is 1. The van der Waals surface area contributed by atoms with Crippen molar-refractivity contribution >= 4 is 0 Å². The largest absolute Gasteiger partial charge is 0.315 e. The van der Waals surface area contributed by atoms with Gasteiger partial charge in [-0.3, -0.25) is 4.98 Å². The molecule has 3 nitrogen and oxygen atoms in total. The average molecular weight is 147 g/mol. The molecule has 1 N–H and O–H groups in total. The minimum absolute atomic E-state index is 0.00111. The van der Waals surface area contributed by atoms with Gasteiger partial charge in [0.2, 0.25) is 0 Å². The molecule has 3 heteroatoms. The van der Waals surface area contributed by atoms with Crippen LogP contribution in [0.2, 0.25) is 0 Å². The highest BCUT2D eigenvalue weighted by Crippen LogP contribution is 2.05. The molecule has 1 unspecified atom stereocenters. The van der Waals surface area contributed by atoms with Crippen molar-refractivity contribution in [3.05, 3.63) is 30.1 Å². The van der Waals surface area contributed by atoms with Gasteiger partial charge < -0.3 is 5.32 Å². The molecule has 0 fully saturated rings. The van der Waals surface area contributed by atoms with E-state index in [1.165, 1.54) is 0 Å². The maximum atomic E-state index is 8.31. The Morgan fingerprint density at radius 1 is 1.64 bits per heavy atom. The summed E-state index contributed by atoms with van der Waals surface area (Å²) in [5, 5.41) is 10.9. The Morgan fingerprint density at radius 2 is 2.45 bits per heavy atom. The van der Waals surface area contributed by atoms with Gasteiger partial charge in [0.05, 0.1) is 11.7 Å². The SMILES string of the molecule is CC(NC#N)c1ccccn1. The molecule has 0 aliphatic carbocycles. The van der Waals surface area contributed by atoms with Crippen LogP contribution in [0.5, 0.6) is 0 Å². The molecule has 0 saturated carbocycles. The first-order chi connectivity index (χ1) is 5.34. The zero-order chi connectivity index (χ0) is 8.10. The molecule has 0 aromatic carbocycles. The lowest BCUT2D eigenvalue weighted by molar-refractivity contribution is 0.674. The number of rotatable bonds is 2. The van der Waals surface area contributed by atoms with Gasteiger partial charge in [-0.05, 0) is 19.1 Å². The summed E-state index contributed by atoms with van der Waals surface area (Å²) < 4.78 is 0. The van der Waals surface area contributed by atoms with E-state index >= 15 is 0 Å². The summed E-state index contributed by atoms with van der Waals surface area (Å²) >= 11 is 0. The highest BCUT2D eigenvalue weighted by atomic mass is 14.9. The van der Waals surface area contributed by atoms with E-state index in [9.17, 15) is 0 Å². The molecule has 0 aliphatic heterocycles. The van der Waals surface area contributed by atoms with Gasteiger partial charge in [-0.15, -0.1) is 0 Å². The van der Waals surface area contributed by atoms with Gasteiger partial charge in [0, 0.05) is 6.20 Å². The number of hydrogen-bond donors (Lipinski definition) is 1. The minimum atomic E-state index is 0.00111. The summed E-state index contributed by atoms with van der Waals surface area (Å²) in [6.45, 7) is 1.89. The fourth-order valence-electron chi connectivity index (χ4n) is 0.803. The molecule has 1 heterocycles. The van der Waals surface area contributed by atoms with Crippen LogP contribution >= 0.6 is 0 Å². The molecule has 1 aromatic heterocycles. The standard InChI is InChI=1S/C8H9N3/c1-7(11-6-9)8-4-2-3-5-10-8/h2-5,7,11H,1H3. The first-order valence-corrected chi connectivity index (χ1v) is 3.40. The Morgan fingerprint density at radius 3 is 3.00 bits per heavy atom. The third-order valence-electron chi connectivity index (χ3n) is 1.41. The van der Waals surface area contributed by atoms with Crippen LogP contribution in [0.25, 0.3) is 0 Å². The molecule has 0 spiro atoms. The van der Waals surface area contributed by atoms with Crippen molar-refractivity contribution in [3.8, 4) is 6.19 Å². The van der Waals surface area contributed by atoms with E-state index in [1.54, 1.807) is 6.20 Å². The second kappa shape index (κ2) is 3.57. The van der Waals surface area contributed by atoms with Gasteiger partial charge in [-0.25, -0.2) is 0 Å². The van der Waals surface area contributed by atoms with Crippen molar-refractivity contribution in [3.63, 3.8) is 0 Å². The molecule has 11 heavy (non-hydrogen) atoms. The van der Waals surface area contributed by atoms with Gasteiger partial charge in [0.15, 0.2) is 6.19 Å². The smallest absolute Gasteiger partial charge is 0.177 e. The van der Waals surface area contributed by atoms with E-state index in [-0.39, 0.29) is 6.04 Å². The van der Waals surface area contributed by atoms with Crippen molar-refractivity contribution in [2.45, 2.75) is 13.0 Å². The predicted octanol–water partition coefficient (Wildman–Crippen LogP) is 1.21. The second-order valence-corrected chi connectivity index (χ2v) is 2.23. The number of aromatic nitrogens is 1. The molecule has 1 rings (SSSR count). The molecule has 1 aromatic rings. The van der Waals surface area contributed by atoms with E-state index < -0.39 is 0 Å². The van der Waals surface area contributed by atoms with Gasteiger partial charge in [-0.2, -0.15) is 5.26 Å². The Labute approximate surface area is 65.7 Å². The van der Waals surface area contributed by atoms with Crippen LogP contribution < -0.4 is 5.32 Å². The maximum absolute atomic E-state index is 8.31. The third kappa shape index (κ3) is 1.94. The van der Waals surface area contributed by atoms with E-state index in [2.05, 4.69) is 10.3 Å². The third-order valence-corrected chi connectivity index (χ3v) is 1.41. The molecular formula is C8H9N3. The van der Waals surface area contributed by atoms with Gasteiger partial charge in [0.25, 0.3) is 0 Å². The van der Waals surface area contributed by atoms with Gasteiger partial charge in [0.1, 0.15) is 0 Å². The summed E-state index contributed by atoms with van der Waals surface area (Å²) in [7, 11) is 0. The summed E-state index contributed by atoms with van der Waals surface area (Å²) in [6, 6.07) is 5.64. The predicted molar refractivity (Wildman–Crippen MR) is 41.4 cm³/mol. The number of pyridine rings is 1. The molecule has 1 atom stereocenters. The Bertz CT molecular complexity index is 250. The lowest BCUT2D eigenvalue weighted by atomic mass is 10.2. The second-order valence-electron chi connectivity index (χ2n) is 2.23. The first-order valence-electron chi connectivity index (χ1n) is 3.40.